The van der Waals surface area contributed by atoms with Crippen molar-refractivity contribution in [3.63, 3.8) is 0 Å². The van der Waals surface area contributed by atoms with Crippen molar-refractivity contribution in [2.75, 3.05) is 32.8 Å². The number of pyridine rings is 1. The van der Waals surface area contributed by atoms with Gasteiger partial charge in [0.1, 0.15) is 0 Å². The molecule has 1 unspecified atom stereocenters. The highest BCUT2D eigenvalue weighted by Crippen LogP contribution is 2.31. The van der Waals surface area contributed by atoms with Crippen molar-refractivity contribution in [3.8, 4) is 0 Å². The number of rotatable bonds is 9. The van der Waals surface area contributed by atoms with Gasteiger partial charge in [-0.3, -0.25) is 24.3 Å². The van der Waals surface area contributed by atoms with E-state index in [4.69, 9.17) is 4.74 Å². The van der Waals surface area contributed by atoms with Gasteiger partial charge in [-0.15, -0.1) is 0 Å². The summed E-state index contributed by atoms with van der Waals surface area (Å²) in [6, 6.07) is 3.66. The summed E-state index contributed by atoms with van der Waals surface area (Å²) in [5, 5.41) is 3.11. The van der Waals surface area contributed by atoms with Crippen molar-refractivity contribution in [3.05, 3.63) is 30.1 Å². The van der Waals surface area contributed by atoms with Crippen LogP contribution in [0.25, 0.3) is 0 Å². The maximum atomic E-state index is 13.2. The Hall–Kier alpha value is -2.48. The van der Waals surface area contributed by atoms with Crippen molar-refractivity contribution >= 4 is 17.8 Å². The Kier molecular flexibility index (Phi) is 8.82. The Balaban J connectivity index is 1.53. The molecule has 1 saturated heterocycles. The number of nitrogens with zero attached hydrogens (tertiary/aromatic N) is 3. The minimum absolute atomic E-state index is 0.0211. The largest absolute Gasteiger partial charge is 0.466 e. The van der Waals surface area contributed by atoms with Gasteiger partial charge in [0.2, 0.25) is 11.8 Å². The van der Waals surface area contributed by atoms with Gasteiger partial charge in [-0.1, -0.05) is 12.8 Å². The quantitative estimate of drug-likeness (QED) is 0.600. The zero-order valence-corrected chi connectivity index (χ0v) is 18.4. The van der Waals surface area contributed by atoms with Gasteiger partial charge in [0.05, 0.1) is 19.1 Å². The van der Waals surface area contributed by atoms with E-state index >= 15 is 0 Å². The summed E-state index contributed by atoms with van der Waals surface area (Å²) in [6.45, 7) is 5.11. The van der Waals surface area contributed by atoms with Crippen LogP contribution in [0, 0.1) is 5.92 Å². The topological polar surface area (TPSA) is 91.8 Å². The Labute approximate surface area is 184 Å². The molecule has 8 nitrogen and oxygen atoms in total. The third-order valence-electron chi connectivity index (χ3n) is 6.24. The second-order valence-corrected chi connectivity index (χ2v) is 8.28. The van der Waals surface area contributed by atoms with Gasteiger partial charge in [-0.25, -0.2) is 0 Å². The summed E-state index contributed by atoms with van der Waals surface area (Å²) in [7, 11) is 0. The number of hydrogen-bond acceptors (Lipinski definition) is 6. The fourth-order valence-electron chi connectivity index (χ4n) is 4.60. The predicted molar refractivity (Wildman–Crippen MR) is 116 cm³/mol. The minimum Gasteiger partial charge on any atom is -0.466 e. The summed E-state index contributed by atoms with van der Waals surface area (Å²) in [5.74, 6) is 0.0863. The maximum absolute atomic E-state index is 13.2. The van der Waals surface area contributed by atoms with E-state index in [-0.39, 0.29) is 36.7 Å². The Morgan fingerprint density at radius 2 is 1.77 bits per heavy atom. The van der Waals surface area contributed by atoms with E-state index in [1.807, 2.05) is 12.1 Å². The normalized spacial score (nSPS) is 18.5. The molecule has 8 heteroatoms. The Bertz CT molecular complexity index is 728. The summed E-state index contributed by atoms with van der Waals surface area (Å²) in [5.41, 5.74) is 1.03. The second kappa shape index (κ2) is 11.8. The van der Waals surface area contributed by atoms with Crippen LogP contribution < -0.4 is 5.32 Å². The first-order valence-electron chi connectivity index (χ1n) is 11.4. The number of aromatic nitrogens is 1. The number of nitrogens with one attached hydrogen (secondary N) is 1. The second-order valence-electron chi connectivity index (χ2n) is 8.28. The van der Waals surface area contributed by atoms with Crippen molar-refractivity contribution in [2.24, 2.45) is 5.92 Å². The highest BCUT2D eigenvalue weighted by Gasteiger charge is 2.37. The standard InChI is InChI=1S/C23H34N4O4/c1-2-31-21(29)8-7-20(28)26-13-15-27(16-14-26)22(19-5-3-4-6-19)23(30)25-17-18-9-11-24-12-10-18/h9-12,19,22H,2-8,13-17H2,1H3,(H,25,30). The van der Waals surface area contributed by atoms with Gasteiger partial charge in [-0.2, -0.15) is 0 Å². The van der Waals surface area contributed by atoms with Crippen molar-refractivity contribution in [2.45, 2.75) is 58.0 Å². The molecular formula is C23H34N4O4. The van der Waals surface area contributed by atoms with Gasteiger partial charge < -0.3 is 15.0 Å². The van der Waals surface area contributed by atoms with Crippen LogP contribution in [0.15, 0.2) is 24.5 Å². The third kappa shape index (κ3) is 6.75. The SMILES string of the molecule is CCOC(=O)CCC(=O)N1CCN(C(C(=O)NCc2ccncc2)C2CCCC2)CC1. The average Bonchev–Trinajstić information content (AvgIpc) is 3.32. The van der Waals surface area contributed by atoms with E-state index in [1.165, 1.54) is 12.8 Å². The molecular weight excluding hydrogens is 396 g/mol. The van der Waals surface area contributed by atoms with E-state index in [0.29, 0.717) is 45.2 Å². The van der Waals surface area contributed by atoms with Crippen LogP contribution in [0.2, 0.25) is 0 Å². The van der Waals surface area contributed by atoms with Gasteiger partial charge in [0.25, 0.3) is 0 Å². The molecule has 1 N–H and O–H groups in total. The molecule has 2 heterocycles. The van der Waals surface area contributed by atoms with Gasteiger partial charge in [0.15, 0.2) is 0 Å². The molecule has 31 heavy (non-hydrogen) atoms. The van der Waals surface area contributed by atoms with Gasteiger partial charge in [-0.05, 0) is 43.4 Å². The van der Waals surface area contributed by atoms with E-state index in [0.717, 1.165) is 18.4 Å². The molecule has 1 aromatic heterocycles. The Morgan fingerprint density at radius 1 is 1.10 bits per heavy atom. The molecule has 0 aromatic carbocycles. The number of esters is 1. The third-order valence-corrected chi connectivity index (χ3v) is 6.24. The van der Waals surface area contributed by atoms with Crippen LogP contribution in [0.4, 0.5) is 0 Å². The average molecular weight is 431 g/mol. The molecule has 2 amide bonds. The van der Waals surface area contributed by atoms with Crippen molar-refractivity contribution in [1.82, 2.24) is 20.1 Å². The first kappa shape index (κ1) is 23.2. The van der Waals surface area contributed by atoms with Crippen molar-refractivity contribution in [1.29, 1.82) is 0 Å². The van der Waals surface area contributed by atoms with Crippen LogP contribution >= 0.6 is 0 Å². The number of carbonyl (C=O) groups is 3. The Morgan fingerprint density at radius 3 is 2.42 bits per heavy atom. The maximum Gasteiger partial charge on any atom is 0.306 e. The molecule has 2 aliphatic rings. The van der Waals surface area contributed by atoms with E-state index in [9.17, 15) is 14.4 Å². The van der Waals surface area contributed by atoms with Crippen molar-refractivity contribution < 1.29 is 19.1 Å². The molecule has 1 aliphatic carbocycles. The number of hydrogen-bond donors (Lipinski definition) is 1. The fourth-order valence-corrected chi connectivity index (χ4v) is 4.60. The van der Waals surface area contributed by atoms with Crippen LogP contribution in [0.1, 0.15) is 51.0 Å². The first-order valence-corrected chi connectivity index (χ1v) is 11.4. The van der Waals surface area contributed by atoms with E-state index < -0.39 is 0 Å². The molecule has 0 spiro atoms. The lowest BCUT2D eigenvalue weighted by atomic mass is 9.95. The molecule has 0 radical (unpaired) electrons. The number of ether oxygens (including phenoxy) is 1. The highest BCUT2D eigenvalue weighted by molar-refractivity contribution is 5.83. The van der Waals surface area contributed by atoms with E-state index in [2.05, 4.69) is 15.2 Å². The molecule has 1 aromatic rings. The number of carbonyl (C=O) groups excluding carboxylic acids is 3. The fraction of sp³-hybridized carbons (Fsp3) is 0.652. The minimum atomic E-state index is -0.332. The van der Waals surface area contributed by atoms with Crippen LogP contribution in [-0.2, 0) is 25.7 Å². The molecule has 170 valence electrons. The first-order chi connectivity index (χ1) is 15.1. The molecule has 0 bridgehead atoms. The smallest absolute Gasteiger partial charge is 0.306 e. The van der Waals surface area contributed by atoms with Gasteiger partial charge >= 0.3 is 5.97 Å². The summed E-state index contributed by atoms with van der Waals surface area (Å²) < 4.78 is 4.90. The monoisotopic (exact) mass is 430 g/mol. The molecule has 1 aliphatic heterocycles. The molecule has 3 rings (SSSR count). The molecule has 1 saturated carbocycles. The van der Waals surface area contributed by atoms with Crippen LogP contribution in [-0.4, -0.2) is 71.4 Å². The van der Waals surface area contributed by atoms with Gasteiger partial charge in [0, 0.05) is 51.5 Å². The lowest BCUT2D eigenvalue weighted by molar-refractivity contribution is -0.146. The highest BCUT2D eigenvalue weighted by atomic mass is 16.5. The molecule has 2 fully saturated rings. The lowest BCUT2D eigenvalue weighted by Gasteiger charge is -2.40. The number of piperazine rings is 1. The zero-order chi connectivity index (χ0) is 22.1. The summed E-state index contributed by atoms with van der Waals surface area (Å²) in [4.78, 5) is 45.2. The summed E-state index contributed by atoms with van der Waals surface area (Å²) in [6.07, 6.45) is 8.25. The lowest BCUT2D eigenvalue weighted by Crippen LogP contribution is -2.57. The number of amides is 2. The van der Waals surface area contributed by atoms with Crippen LogP contribution in [0.5, 0.6) is 0 Å². The zero-order valence-electron chi connectivity index (χ0n) is 18.4. The predicted octanol–water partition coefficient (Wildman–Crippen LogP) is 1.74. The van der Waals surface area contributed by atoms with Crippen LogP contribution in [0.3, 0.4) is 0 Å². The van der Waals surface area contributed by atoms with E-state index in [1.54, 1.807) is 24.2 Å². The molecule has 1 atom stereocenters. The summed E-state index contributed by atoms with van der Waals surface area (Å²) >= 11 is 0.